The monoisotopic (exact) mass is 260 g/mol. The molecule has 1 aromatic heterocycles. The number of halogens is 1. The minimum atomic E-state index is -0.338. The maximum atomic E-state index is 13.8. The molecular formula is C15H17FN2O. The second-order valence-electron chi connectivity index (χ2n) is 4.42. The van der Waals surface area contributed by atoms with Crippen LogP contribution >= 0.6 is 0 Å². The SMILES string of the molecule is CNC(C)c1ccc(Oc2cccc(C)c2F)cn1. The maximum Gasteiger partial charge on any atom is 0.168 e. The van der Waals surface area contributed by atoms with Crippen LogP contribution in [0.4, 0.5) is 4.39 Å². The molecule has 0 fully saturated rings. The zero-order valence-electron chi connectivity index (χ0n) is 11.3. The van der Waals surface area contributed by atoms with Gasteiger partial charge in [-0.15, -0.1) is 0 Å². The molecule has 0 saturated carbocycles. The zero-order chi connectivity index (χ0) is 13.8. The molecule has 1 heterocycles. The van der Waals surface area contributed by atoms with Crippen molar-refractivity contribution in [1.82, 2.24) is 10.3 Å². The van der Waals surface area contributed by atoms with Crippen LogP contribution in [0.1, 0.15) is 24.2 Å². The van der Waals surface area contributed by atoms with E-state index in [0.29, 0.717) is 11.3 Å². The molecule has 1 N–H and O–H groups in total. The molecule has 1 aromatic carbocycles. The van der Waals surface area contributed by atoms with E-state index >= 15 is 0 Å². The first-order valence-electron chi connectivity index (χ1n) is 6.18. The predicted octanol–water partition coefficient (Wildman–Crippen LogP) is 3.60. The molecule has 0 bridgehead atoms. The molecule has 2 aromatic rings. The Labute approximate surface area is 112 Å². The molecule has 0 aliphatic carbocycles. The Kier molecular flexibility index (Phi) is 4.12. The van der Waals surface area contributed by atoms with E-state index in [-0.39, 0.29) is 17.6 Å². The van der Waals surface area contributed by atoms with Crippen molar-refractivity contribution in [2.24, 2.45) is 0 Å². The fourth-order valence-corrected chi connectivity index (χ4v) is 1.68. The van der Waals surface area contributed by atoms with Crippen LogP contribution in [0.3, 0.4) is 0 Å². The van der Waals surface area contributed by atoms with Gasteiger partial charge >= 0.3 is 0 Å². The first-order valence-corrected chi connectivity index (χ1v) is 6.18. The quantitative estimate of drug-likeness (QED) is 0.912. The summed E-state index contributed by atoms with van der Waals surface area (Å²) in [7, 11) is 1.87. The smallest absolute Gasteiger partial charge is 0.168 e. The Hall–Kier alpha value is -1.94. The van der Waals surface area contributed by atoms with Gasteiger partial charge in [0.25, 0.3) is 0 Å². The van der Waals surface area contributed by atoms with Gasteiger partial charge in [0.05, 0.1) is 11.9 Å². The van der Waals surface area contributed by atoms with Gasteiger partial charge in [-0.25, -0.2) is 4.39 Å². The number of hydrogen-bond donors (Lipinski definition) is 1. The number of nitrogens with one attached hydrogen (secondary N) is 1. The number of pyridine rings is 1. The highest BCUT2D eigenvalue weighted by Gasteiger charge is 2.08. The molecule has 0 saturated heterocycles. The summed E-state index contributed by atoms with van der Waals surface area (Å²) in [5, 5.41) is 3.10. The number of aryl methyl sites for hydroxylation is 1. The Morgan fingerprint density at radius 1 is 1.26 bits per heavy atom. The van der Waals surface area contributed by atoms with Gasteiger partial charge in [-0.3, -0.25) is 4.98 Å². The van der Waals surface area contributed by atoms with Crippen LogP contribution in [0, 0.1) is 12.7 Å². The zero-order valence-corrected chi connectivity index (χ0v) is 11.3. The lowest BCUT2D eigenvalue weighted by molar-refractivity contribution is 0.437. The molecule has 0 spiro atoms. The van der Waals surface area contributed by atoms with Crippen molar-refractivity contribution in [2.75, 3.05) is 7.05 Å². The van der Waals surface area contributed by atoms with Crippen LogP contribution in [0.15, 0.2) is 36.5 Å². The third-order valence-corrected chi connectivity index (χ3v) is 3.02. The topological polar surface area (TPSA) is 34.1 Å². The Morgan fingerprint density at radius 3 is 2.68 bits per heavy atom. The van der Waals surface area contributed by atoms with Crippen LogP contribution in [0.2, 0.25) is 0 Å². The van der Waals surface area contributed by atoms with E-state index in [9.17, 15) is 4.39 Å². The van der Waals surface area contributed by atoms with Crippen LogP contribution in [-0.4, -0.2) is 12.0 Å². The minimum absolute atomic E-state index is 0.171. The lowest BCUT2D eigenvalue weighted by Gasteiger charge is -2.11. The summed E-state index contributed by atoms with van der Waals surface area (Å²) in [6.07, 6.45) is 1.60. The van der Waals surface area contributed by atoms with Gasteiger partial charge in [-0.05, 0) is 44.7 Å². The first kappa shape index (κ1) is 13.5. The van der Waals surface area contributed by atoms with Gasteiger partial charge in [-0.1, -0.05) is 12.1 Å². The van der Waals surface area contributed by atoms with Crippen LogP contribution in [-0.2, 0) is 0 Å². The summed E-state index contributed by atoms with van der Waals surface area (Å²) in [4.78, 5) is 4.29. The Bertz CT molecular complexity index is 555. The molecule has 0 radical (unpaired) electrons. The Morgan fingerprint density at radius 2 is 2.05 bits per heavy atom. The fraction of sp³-hybridized carbons (Fsp3) is 0.267. The average molecular weight is 260 g/mol. The van der Waals surface area contributed by atoms with Crippen LogP contribution in [0.25, 0.3) is 0 Å². The second-order valence-corrected chi connectivity index (χ2v) is 4.42. The molecule has 0 aliphatic rings. The summed E-state index contributed by atoms with van der Waals surface area (Å²) in [5.74, 6) is 0.405. The van der Waals surface area contributed by atoms with E-state index in [0.717, 1.165) is 5.69 Å². The van der Waals surface area contributed by atoms with Crippen molar-refractivity contribution in [3.8, 4) is 11.5 Å². The van der Waals surface area contributed by atoms with Gasteiger partial charge < -0.3 is 10.1 Å². The number of aromatic nitrogens is 1. The maximum absolute atomic E-state index is 13.8. The van der Waals surface area contributed by atoms with Crippen molar-refractivity contribution < 1.29 is 9.13 Å². The van der Waals surface area contributed by atoms with Gasteiger partial charge in [0.15, 0.2) is 11.6 Å². The first-order chi connectivity index (χ1) is 9.11. The number of hydrogen-bond acceptors (Lipinski definition) is 3. The molecular weight excluding hydrogens is 243 g/mol. The predicted molar refractivity (Wildman–Crippen MR) is 72.9 cm³/mol. The summed E-state index contributed by atoms with van der Waals surface area (Å²) < 4.78 is 19.3. The van der Waals surface area contributed by atoms with E-state index in [1.54, 1.807) is 37.4 Å². The lowest BCUT2D eigenvalue weighted by atomic mass is 10.2. The summed E-state index contributed by atoms with van der Waals surface area (Å²) in [6.45, 7) is 3.72. The third kappa shape index (κ3) is 3.09. The third-order valence-electron chi connectivity index (χ3n) is 3.02. The van der Waals surface area contributed by atoms with Crippen molar-refractivity contribution in [3.05, 3.63) is 53.6 Å². The summed E-state index contributed by atoms with van der Waals surface area (Å²) >= 11 is 0. The van der Waals surface area contributed by atoms with Crippen LogP contribution in [0.5, 0.6) is 11.5 Å². The summed E-state index contributed by atoms with van der Waals surface area (Å²) in [5.41, 5.74) is 1.48. The highest BCUT2D eigenvalue weighted by atomic mass is 19.1. The van der Waals surface area contributed by atoms with Gasteiger partial charge in [0.1, 0.15) is 5.75 Å². The van der Waals surface area contributed by atoms with Gasteiger partial charge in [-0.2, -0.15) is 0 Å². The molecule has 3 nitrogen and oxygen atoms in total. The number of benzene rings is 1. The van der Waals surface area contributed by atoms with E-state index in [1.807, 2.05) is 20.0 Å². The van der Waals surface area contributed by atoms with Crippen molar-refractivity contribution >= 4 is 0 Å². The molecule has 1 unspecified atom stereocenters. The number of rotatable bonds is 4. The highest BCUT2D eigenvalue weighted by molar-refractivity contribution is 5.34. The minimum Gasteiger partial charge on any atom is -0.453 e. The van der Waals surface area contributed by atoms with Crippen LogP contribution < -0.4 is 10.1 Å². The largest absolute Gasteiger partial charge is 0.453 e. The van der Waals surface area contributed by atoms with Crippen molar-refractivity contribution in [3.63, 3.8) is 0 Å². The Balaban J connectivity index is 2.18. The molecule has 4 heteroatoms. The van der Waals surface area contributed by atoms with Gasteiger partial charge in [0.2, 0.25) is 0 Å². The standard InChI is InChI=1S/C15H17FN2O/c1-10-5-4-6-14(15(10)16)19-12-7-8-13(18-9-12)11(2)17-3/h4-9,11,17H,1-3H3. The molecule has 0 amide bonds. The van der Waals surface area contributed by atoms with E-state index in [1.165, 1.54) is 0 Å². The molecule has 0 aliphatic heterocycles. The van der Waals surface area contributed by atoms with E-state index < -0.39 is 0 Å². The van der Waals surface area contributed by atoms with Crippen molar-refractivity contribution in [1.29, 1.82) is 0 Å². The molecule has 1 atom stereocenters. The molecule has 100 valence electrons. The average Bonchev–Trinajstić information content (AvgIpc) is 2.44. The second kappa shape index (κ2) is 5.80. The lowest BCUT2D eigenvalue weighted by Crippen LogP contribution is -2.13. The highest BCUT2D eigenvalue weighted by Crippen LogP contribution is 2.26. The van der Waals surface area contributed by atoms with E-state index in [2.05, 4.69) is 10.3 Å². The van der Waals surface area contributed by atoms with E-state index in [4.69, 9.17) is 4.74 Å². The van der Waals surface area contributed by atoms with Crippen molar-refractivity contribution in [2.45, 2.75) is 19.9 Å². The number of nitrogens with zero attached hydrogens (tertiary/aromatic N) is 1. The summed E-state index contributed by atoms with van der Waals surface area (Å²) in [6, 6.07) is 8.90. The normalized spacial score (nSPS) is 12.2. The molecule has 19 heavy (non-hydrogen) atoms. The number of ether oxygens (including phenoxy) is 1. The molecule has 2 rings (SSSR count). The van der Waals surface area contributed by atoms with Gasteiger partial charge in [0, 0.05) is 6.04 Å². The fourth-order valence-electron chi connectivity index (χ4n) is 1.68.